The molecule has 136 valence electrons. The largest absolute Gasteiger partial charge is 0.530 e. The summed E-state index contributed by atoms with van der Waals surface area (Å²) in [5.41, 5.74) is -0.440. The summed E-state index contributed by atoms with van der Waals surface area (Å²) in [5, 5.41) is 10.4. The fraction of sp³-hybridized carbons (Fsp3) is 0.400. The molecule has 0 aliphatic rings. The minimum absolute atomic E-state index is 0.440. The maximum atomic E-state index is 12.1. The molecule has 0 saturated carbocycles. The van der Waals surface area contributed by atoms with E-state index in [1.165, 1.54) is 0 Å². The van der Waals surface area contributed by atoms with Crippen LogP contribution in [0.25, 0.3) is 0 Å². The van der Waals surface area contributed by atoms with Gasteiger partial charge in [0.1, 0.15) is 5.75 Å². The summed E-state index contributed by atoms with van der Waals surface area (Å²) < 4.78 is 96.5. The van der Waals surface area contributed by atoms with E-state index in [0.29, 0.717) is 0 Å². The third-order valence-electron chi connectivity index (χ3n) is 2.04. The molecule has 0 spiro atoms. The predicted octanol–water partition coefficient (Wildman–Crippen LogP) is 4.24. The highest BCUT2D eigenvalue weighted by Crippen LogP contribution is 2.51. The first-order chi connectivity index (χ1) is 10.8. The van der Waals surface area contributed by atoms with E-state index in [1.54, 1.807) is 0 Å². The van der Waals surface area contributed by atoms with Crippen molar-refractivity contribution in [3.05, 3.63) is 34.4 Å². The molecule has 0 aliphatic carbocycles. The molecule has 0 unspecified atom stereocenters. The first-order valence-electron chi connectivity index (χ1n) is 5.76. The minimum atomic E-state index is -5.28. The van der Waals surface area contributed by atoms with E-state index in [-0.39, 0.29) is 0 Å². The molecule has 0 aromatic heterocycles. The van der Waals surface area contributed by atoms with Crippen LogP contribution in [-0.2, 0) is 13.6 Å². The van der Waals surface area contributed by atoms with Crippen LogP contribution < -0.4 is 4.52 Å². The third kappa shape index (κ3) is 7.62. The average molecular weight is 383 g/mol. The number of nitro groups is 1. The van der Waals surface area contributed by atoms with Crippen molar-refractivity contribution < 1.29 is 49.4 Å². The molecular weight excluding hydrogens is 375 g/mol. The van der Waals surface area contributed by atoms with Crippen LogP contribution >= 0.6 is 7.82 Å². The van der Waals surface area contributed by atoms with Crippen molar-refractivity contribution >= 4 is 13.5 Å². The molecule has 0 radical (unpaired) electrons. The normalized spacial score (nSPS) is 12.9. The molecule has 0 saturated heterocycles. The first-order valence-corrected chi connectivity index (χ1v) is 7.22. The molecule has 24 heavy (non-hydrogen) atoms. The second-order valence-corrected chi connectivity index (χ2v) is 5.66. The molecule has 0 N–H and O–H groups in total. The summed E-state index contributed by atoms with van der Waals surface area (Å²) in [6, 6.07) is 3.26. The molecular formula is C10H8F6NO6P. The second-order valence-electron chi connectivity index (χ2n) is 4.07. The Labute approximate surface area is 129 Å². The lowest BCUT2D eigenvalue weighted by atomic mass is 10.3. The molecule has 14 heteroatoms. The van der Waals surface area contributed by atoms with Crippen molar-refractivity contribution in [2.24, 2.45) is 0 Å². The second kappa shape index (κ2) is 7.36. The number of benzene rings is 1. The SMILES string of the molecule is O=[N+]([O-])c1ccc(OP(=O)(OCC(F)(F)F)OCC(F)(F)F)cc1. The number of alkyl halides is 6. The summed E-state index contributed by atoms with van der Waals surface area (Å²) in [7, 11) is -5.28. The van der Waals surface area contributed by atoms with Crippen molar-refractivity contribution in [3.8, 4) is 5.75 Å². The number of hydrogen-bond donors (Lipinski definition) is 0. The van der Waals surface area contributed by atoms with Gasteiger partial charge in [-0.25, -0.2) is 4.57 Å². The Morgan fingerprint density at radius 1 is 0.958 bits per heavy atom. The van der Waals surface area contributed by atoms with Crippen LogP contribution in [0.4, 0.5) is 32.0 Å². The van der Waals surface area contributed by atoms with Crippen molar-refractivity contribution in [1.82, 2.24) is 0 Å². The molecule has 0 atom stereocenters. The Morgan fingerprint density at radius 2 is 1.38 bits per heavy atom. The average Bonchev–Trinajstić information content (AvgIpc) is 2.43. The first kappa shape index (κ1) is 20.2. The molecule has 0 aliphatic heterocycles. The Balaban J connectivity index is 2.90. The summed E-state index contributed by atoms with van der Waals surface area (Å²) in [5.74, 6) is -0.548. The van der Waals surface area contributed by atoms with Gasteiger partial charge >= 0.3 is 20.2 Å². The molecule has 0 heterocycles. The summed E-state index contributed by atoms with van der Waals surface area (Å²) in [6.07, 6.45) is -10.0. The zero-order chi connectivity index (χ0) is 18.6. The van der Waals surface area contributed by atoms with Crippen LogP contribution in [0.2, 0.25) is 0 Å². The van der Waals surface area contributed by atoms with E-state index in [2.05, 4.69) is 13.6 Å². The lowest BCUT2D eigenvalue weighted by molar-refractivity contribution is -0.384. The zero-order valence-corrected chi connectivity index (χ0v) is 12.2. The standard InChI is InChI=1S/C10H8F6NO6P/c11-9(12,13)5-21-24(20,22-6-10(14,15)16)23-8-3-1-7(2-4-8)17(18)19/h1-4H,5-6H2. The van der Waals surface area contributed by atoms with Crippen LogP contribution in [-0.4, -0.2) is 30.5 Å². The lowest BCUT2D eigenvalue weighted by Crippen LogP contribution is -2.21. The molecule has 1 aromatic rings. The number of phosphoric acid groups is 1. The Bertz CT molecular complexity index is 594. The van der Waals surface area contributed by atoms with Gasteiger partial charge in [0.25, 0.3) is 5.69 Å². The van der Waals surface area contributed by atoms with Gasteiger partial charge in [-0.1, -0.05) is 0 Å². The third-order valence-corrected chi connectivity index (χ3v) is 3.36. The van der Waals surface area contributed by atoms with E-state index in [4.69, 9.17) is 0 Å². The fourth-order valence-electron chi connectivity index (χ4n) is 1.15. The number of non-ortho nitro benzene ring substituents is 1. The molecule has 1 rings (SSSR count). The highest BCUT2D eigenvalue weighted by molar-refractivity contribution is 7.48. The number of halogens is 6. The van der Waals surface area contributed by atoms with Gasteiger partial charge in [-0.3, -0.25) is 19.2 Å². The Hall–Kier alpha value is -1.85. The molecule has 1 aromatic carbocycles. The lowest BCUT2D eigenvalue weighted by Gasteiger charge is -2.19. The molecule has 7 nitrogen and oxygen atoms in total. The van der Waals surface area contributed by atoms with Gasteiger partial charge in [0.2, 0.25) is 0 Å². The summed E-state index contributed by atoms with van der Waals surface area (Å²) >= 11 is 0. The summed E-state index contributed by atoms with van der Waals surface area (Å²) in [4.78, 5) is 9.62. The van der Waals surface area contributed by atoms with Gasteiger partial charge in [-0.2, -0.15) is 26.3 Å². The van der Waals surface area contributed by atoms with Gasteiger partial charge in [0.05, 0.1) is 4.92 Å². The smallest absolute Gasteiger partial charge is 0.404 e. The van der Waals surface area contributed by atoms with Gasteiger partial charge in [-0.05, 0) is 12.1 Å². The minimum Gasteiger partial charge on any atom is -0.404 e. The van der Waals surface area contributed by atoms with E-state index in [1.807, 2.05) is 0 Å². The van der Waals surface area contributed by atoms with Crippen LogP contribution in [0.15, 0.2) is 24.3 Å². The predicted molar refractivity (Wildman–Crippen MR) is 65.3 cm³/mol. The van der Waals surface area contributed by atoms with Crippen LogP contribution in [0.5, 0.6) is 5.75 Å². The van der Waals surface area contributed by atoms with Gasteiger partial charge in [-0.15, -0.1) is 0 Å². The monoisotopic (exact) mass is 383 g/mol. The van der Waals surface area contributed by atoms with E-state index >= 15 is 0 Å². The maximum Gasteiger partial charge on any atom is 0.530 e. The number of nitro benzene ring substituents is 1. The van der Waals surface area contributed by atoms with E-state index < -0.39 is 49.7 Å². The van der Waals surface area contributed by atoms with Gasteiger partial charge in [0, 0.05) is 12.1 Å². The topological polar surface area (TPSA) is 87.9 Å². The number of phosphoric ester groups is 1. The zero-order valence-electron chi connectivity index (χ0n) is 11.3. The number of hydrogen-bond acceptors (Lipinski definition) is 6. The van der Waals surface area contributed by atoms with Gasteiger partial charge in [0.15, 0.2) is 13.2 Å². The van der Waals surface area contributed by atoms with Crippen molar-refractivity contribution in [3.63, 3.8) is 0 Å². The van der Waals surface area contributed by atoms with E-state index in [9.17, 15) is 41.0 Å². The number of rotatable bonds is 7. The summed E-state index contributed by atoms with van der Waals surface area (Å²) in [6.45, 7) is -4.37. The highest BCUT2D eigenvalue weighted by Gasteiger charge is 2.40. The fourth-order valence-corrected chi connectivity index (χ4v) is 2.32. The van der Waals surface area contributed by atoms with Crippen LogP contribution in [0, 0.1) is 10.1 Å². The van der Waals surface area contributed by atoms with Crippen molar-refractivity contribution in [1.29, 1.82) is 0 Å². The maximum absolute atomic E-state index is 12.1. The molecule has 0 amide bonds. The van der Waals surface area contributed by atoms with Crippen molar-refractivity contribution in [2.75, 3.05) is 13.2 Å². The Kier molecular flexibility index (Phi) is 6.20. The quantitative estimate of drug-likeness (QED) is 0.303. The van der Waals surface area contributed by atoms with Crippen LogP contribution in [0.1, 0.15) is 0 Å². The highest BCUT2D eigenvalue weighted by atomic mass is 31.2. The van der Waals surface area contributed by atoms with Crippen LogP contribution in [0.3, 0.4) is 0 Å². The van der Waals surface area contributed by atoms with Gasteiger partial charge < -0.3 is 4.52 Å². The van der Waals surface area contributed by atoms with Crippen molar-refractivity contribution in [2.45, 2.75) is 12.4 Å². The van der Waals surface area contributed by atoms with E-state index in [0.717, 1.165) is 24.3 Å². The molecule has 0 bridgehead atoms. The molecule has 0 fully saturated rings. The number of nitrogens with zero attached hydrogens (tertiary/aromatic N) is 1. The Morgan fingerprint density at radius 3 is 1.71 bits per heavy atom.